The molecule has 154 valence electrons. The summed E-state index contributed by atoms with van der Waals surface area (Å²) in [4.78, 5) is 23.0. The predicted octanol–water partition coefficient (Wildman–Crippen LogP) is 2.15. The van der Waals surface area contributed by atoms with Crippen molar-refractivity contribution in [1.29, 1.82) is 0 Å². The molecule has 0 aliphatic carbocycles. The number of hydrogen-bond donors (Lipinski definition) is 1. The predicted molar refractivity (Wildman–Crippen MR) is 109 cm³/mol. The molecular weight excluding hydrogens is 388 g/mol. The normalized spacial score (nSPS) is 11.1. The molecule has 3 heterocycles. The number of aromatic hydroxyl groups is 1. The molecule has 0 aliphatic heterocycles. The van der Waals surface area contributed by atoms with E-state index >= 15 is 0 Å². The number of aryl methyl sites for hydroxylation is 4. The van der Waals surface area contributed by atoms with Crippen LogP contribution in [0.1, 0.15) is 17.0 Å². The monoisotopic (exact) mass is 408 g/mol. The fraction of sp³-hybridized carbons (Fsp3) is 0.238. The lowest BCUT2D eigenvalue weighted by Gasteiger charge is -2.10. The van der Waals surface area contributed by atoms with Crippen molar-refractivity contribution in [2.24, 2.45) is 0 Å². The summed E-state index contributed by atoms with van der Waals surface area (Å²) in [6.45, 7) is 4.89. The van der Waals surface area contributed by atoms with Crippen molar-refractivity contribution in [3.63, 3.8) is 0 Å². The van der Waals surface area contributed by atoms with Crippen LogP contribution in [0.2, 0.25) is 0 Å². The van der Waals surface area contributed by atoms with Gasteiger partial charge >= 0.3 is 5.63 Å². The molecular formula is C21H20N4O5. The molecule has 1 N–H and O–H groups in total. The van der Waals surface area contributed by atoms with E-state index in [0.717, 1.165) is 16.6 Å². The first-order chi connectivity index (χ1) is 14.4. The Morgan fingerprint density at radius 2 is 1.93 bits per heavy atom. The molecule has 1 aromatic carbocycles. The van der Waals surface area contributed by atoms with Crippen LogP contribution in [0.5, 0.6) is 11.5 Å². The molecule has 4 aromatic rings. The maximum absolute atomic E-state index is 11.6. The fourth-order valence-electron chi connectivity index (χ4n) is 3.18. The fourth-order valence-corrected chi connectivity index (χ4v) is 3.18. The van der Waals surface area contributed by atoms with E-state index in [1.807, 2.05) is 19.1 Å². The Kier molecular flexibility index (Phi) is 5.09. The first kappa shape index (κ1) is 19.4. The number of ether oxygens (including phenoxy) is 1. The minimum atomic E-state index is -0.397. The van der Waals surface area contributed by atoms with E-state index in [2.05, 4.69) is 10.3 Å². The molecule has 3 aromatic heterocycles. The lowest BCUT2D eigenvalue weighted by Crippen LogP contribution is -2.13. The molecule has 9 heteroatoms. The van der Waals surface area contributed by atoms with E-state index in [1.54, 1.807) is 28.4 Å². The average molecular weight is 408 g/mol. The largest absolute Gasteiger partial charge is 0.503 e. The van der Waals surface area contributed by atoms with Gasteiger partial charge in [-0.15, -0.1) is 5.10 Å². The van der Waals surface area contributed by atoms with Crippen LogP contribution in [0.25, 0.3) is 11.0 Å². The summed E-state index contributed by atoms with van der Waals surface area (Å²) in [5.41, 5.74) is 1.92. The lowest BCUT2D eigenvalue weighted by atomic mass is 10.1. The van der Waals surface area contributed by atoms with Crippen LogP contribution >= 0.6 is 0 Å². The first-order valence-electron chi connectivity index (χ1n) is 9.35. The summed E-state index contributed by atoms with van der Waals surface area (Å²) in [6, 6.07) is 8.19. The molecule has 0 radical (unpaired) electrons. The van der Waals surface area contributed by atoms with E-state index in [4.69, 9.17) is 9.15 Å². The molecule has 0 aliphatic rings. The maximum Gasteiger partial charge on any atom is 0.336 e. The summed E-state index contributed by atoms with van der Waals surface area (Å²) in [7, 11) is 0. The lowest BCUT2D eigenvalue weighted by molar-refractivity contribution is 0.301. The number of hydrogen-bond acceptors (Lipinski definition) is 7. The molecule has 0 saturated carbocycles. The van der Waals surface area contributed by atoms with Crippen LogP contribution in [0.4, 0.5) is 0 Å². The summed E-state index contributed by atoms with van der Waals surface area (Å²) < 4.78 is 14.4. The van der Waals surface area contributed by atoms with E-state index in [-0.39, 0.29) is 12.4 Å². The number of nitrogens with zero attached hydrogens (tertiary/aromatic N) is 4. The van der Waals surface area contributed by atoms with Crippen molar-refractivity contribution >= 4 is 11.0 Å². The van der Waals surface area contributed by atoms with Crippen molar-refractivity contribution in [2.45, 2.75) is 33.5 Å². The van der Waals surface area contributed by atoms with Crippen molar-refractivity contribution in [3.8, 4) is 11.5 Å². The number of fused-ring (bicyclic) bond motifs is 1. The molecule has 0 spiro atoms. The van der Waals surface area contributed by atoms with Crippen LogP contribution in [0.3, 0.4) is 0 Å². The zero-order valence-electron chi connectivity index (χ0n) is 16.5. The maximum atomic E-state index is 11.6. The van der Waals surface area contributed by atoms with Gasteiger partial charge in [0.25, 0.3) is 0 Å². The summed E-state index contributed by atoms with van der Waals surface area (Å²) in [5.74, 6) is 0.278. The van der Waals surface area contributed by atoms with E-state index in [0.29, 0.717) is 30.1 Å². The van der Waals surface area contributed by atoms with Crippen LogP contribution in [0.15, 0.2) is 56.7 Å². The summed E-state index contributed by atoms with van der Waals surface area (Å²) in [6.07, 6.45) is 3.18. The average Bonchev–Trinajstić information content (AvgIpc) is 3.15. The molecule has 0 fully saturated rings. The number of aromatic nitrogens is 4. The second-order valence-corrected chi connectivity index (χ2v) is 7.03. The van der Waals surface area contributed by atoms with Crippen molar-refractivity contribution in [1.82, 2.24) is 19.6 Å². The van der Waals surface area contributed by atoms with Gasteiger partial charge < -0.3 is 18.8 Å². The minimum Gasteiger partial charge on any atom is -0.503 e. The second-order valence-electron chi connectivity index (χ2n) is 7.03. The van der Waals surface area contributed by atoms with Gasteiger partial charge in [-0.05, 0) is 31.5 Å². The minimum absolute atomic E-state index is 0.208. The highest BCUT2D eigenvalue weighted by atomic mass is 16.5. The van der Waals surface area contributed by atoms with E-state index < -0.39 is 11.1 Å². The van der Waals surface area contributed by atoms with Crippen molar-refractivity contribution in [3.05, 3.63) is 80.3 Å². The Hall–Kier alpha value is -3.88. The topological polar surface area (TPSA) is 112 Å². The first-order valence-corrected chi connectivity index (χ1v) is 9.35. The molecule has 0 bridgehead atoms. The summed E-state index contributed by atoms with van der Waals surface area (Å²) in [5, 5.41) is 18.6. The Morgan fingerprint density at radius 1 is 1.10 bits per heavy atom. The standard InChI is InChI=1S/C21H20N4O5/c1-13-7-21(28)30-20-9-16(3-4-17(13)20)29-12-15-10-25(23-22-15)6-5-24-11-19(27)18(26)8-14(24)2/h3-4,7-11,27H,5-6,12H2,1-2H3. The second kappa shape index (κ2) is 7.86. The molecule has 0 unspecified atom stereocenters. The van der Waals surface area contributed by atoms with Gasteiger partial charge in [-0.25, -0.2) is 4.79 Å². The van der Waals surface area contributed by atoms with Crippen LogP contribution in [-0.2, 0) is 19.7 Å². The SMILES string of the molecule is Cc1cc(=O)oc2cc(OCc3cn(CCn4cc(O)c(=O)cc4C)nn3)ccc12. The Bertz CT molecular complexity index is 1340. The molecule has 4 rings (SSSR count). The van der Waals surface area contributed by atoms with Gasteiger partial charge in [0.05, 0.1) is 18.9 Å². The van der Waals surface area contributed by atoms with Gasteiger partial charge in [-0.1, -0.05) is 5.21 Å². The van der Waals surface area contributed by atoms with Gasteiger partial charge in [0.15, 0.2) is 5.75 Å². The highest BCUT2D eigenvalue weighted by molar-refractivity contribution is 5.81. The molecule has 0 saturated heterocycles. The van der Waals surface area contributed by atoms with Crippen LogP contribution in [-0.4, -0.2) is 24.7 Å². The number of benzene rings is 1. The van der Waals surface area contributed by atoms with Gasteiger partial charge in [-0.3, -0.25) is 9.48 Å². The highest BCUT2D eigenvalue weighted by Crippen LogP contribution is 2.22. The van der Waals surface area contributed by atoms with E-state index in [1.165, 1.54) is 18.3 Å². The Labute approximate surface area is 170 Å². The zero-order chi connectivity index (χ0) is 21.3. The van der Waals surface area contributed by atoms with Crippen molar-refractivity contribution < 1.29 is 14.3 Å². The summed E-state index contributed by atoms with van der Waals surface area (Å²) >= 11 is 0. The van der Waals surface area contributed by atoms with Crippen molar-refractivity contribution in [2.75, 3.05) is 0 Å². The van der Waals surface area contributed by atoms with Gasteiger partial charge in [0, 0.05) is 35.8 Å². The third-order valence-electron chi connectivity index (χ3n) is 4.79. The molecule has 0 atom stereocenters. The highest BCUT2D eigenvalue weighted by Gasteiger charge is 2.07. The van der Waals surface area contributed by atoms with E-state index in [9.17, 15) is 14.7 Å². The third-order valence-corrected chi connectivity index (χ3v) is 4.79. The van der Waals surface area contributed by atoms with Crippen LogP contribution in [0, 0.1) is 13.8 Å². The van der Waals surface area contributed by atoms with Crippen LogP contribution < -0.4 is 15.8 Å². The molecule has 0 amide bonds. The molecule has 30 heavy (non-hydrogen) atoms. The smallest absolute Gasteiger partial charge is 0.336 e. The Morgan fingerprint density at radius 3 is 2.77 bits per heavy atom. The van der Waals surface area contributed by atoms with Gasteiger partial charge in [0.1, 0.15) is 23.6 Å². The third kappa shape index (κ3) is 4.09. The number of pyridine rings is 1. The number of rotatable bonds is 6. The zero-order valence-corrected chi connectivity index (χ0v) is 16.5. The van der Waals surface area contributed by atoms with Gasteiger partial charge in [-0.2, -0.15) is 0 Å². The quantitative estimate of drug-likeness (QED) is 0.487. The molecule has 9 nitrogen and oxygen atoms in total. The van der Waals surface area contributed by atoms with Gasteiger partial charge in [0.2, 0.25) is 5.43 Å². The Balaban J connectivity index is 1.40.